The van der Waals surface area contributed by atoms with E-state index in [0.29, 0.717) is 12.8 Å². The Labute approximate surface area is 134 Å². The number of carbonyl (C=O) groups excluding carboxylic acids is 2. The lowest BCUT2D eigenvalue weighted by Crippen LogP contribution is -2.50. The first kappa shape index (κ1) is 16.7. The summed E-state index contributed by atoms with van der Waals surface area (Å²) in [6.45, 7) is 0. The highest BCUT2D eigenvalue weighted by atomic mass is 16.5. The van der Waals surface area contributed by atoms with Gasteiger partial charge in [0.15, 0.2) is 0 Å². The largest absolute Gasteiger partial charge is 0.467 e. The summed E-state index contributed by atoms with van der Waals surface area (Å²) in [5.74, 6) is -0.915. The van der Waals surface area contributed by atoms with Gasteiger partial charge in [0.25, 0.3) is 0 Å². The van der Waals surface area contributed by atoms with E-state index in [1.54, 1.807) is 6.20 Å². The van der Waals surface area contributed by atoms with Crippen molar-refractivity contribution in [3.05, 3.63) is 54.1 Å². The maximum atomic E-state index is 12.2. The van der Waals surface area contributed by atoms with Gasteiger partial charge in [0.2, 0.25) is 5.91 Å². The van der Waals surface area contributed by atoms with Crippen molar-refractivity contribution in [1.82, 2.24) is 15.3 Å². The van der Waals surface area contributed by atoms with Gasteiger partial charge in [0, 0.05) is 24.7 Å². The Balaban J connectivity index is 1.99. The second-order valence-electron chi connectivity index (χ2n) is 5.16. The van der Waals surface area contributed by atoms with Crippen LogP contribution in [0.5, 0.6) is 0 Å². The molecule has 0 aliphatic carbocycles. The van der Waals surface area contributed by atoms with Gasteiger partial charge in [-0.1, -0.05) is 30.3 Å². The van der Waals surface area contributed by atoms with Crippen LogP contribution in [0.15, 0.2) is 42.9 Å². The van der Waals surface area contributed by atoms with Crippen LogP contribution in [0.25, 0.3) is 0 Å². The molecular formula is C16H20N4O3. The fourth-order valence-corrected chi connectivity index (χ4v) is 2.19. The summed E-state index contributed by atoms with van der Waals surface area (Å²) in [6, 6.07) is 7.83. The number of H-pyrrole nitrogens is 1. The number of aromatic amines is 1. The second kappa shape index (κ2) is 8.09. The number of aromatic nitrogens is 2. The summed E-state index contributed by atoms with van der Waals surface area (Å²) in [7, 11) is 1.29. The molecule has 0 fully saturated rings. The van der Waals surface area contributed by atoms with Crippen LogP contribution in [-0.4, -0.2) is 41.0 Å². The van der Waals surface area contributed by atoms with Crippen molar-refractivity contribution in [3.63, 3.8) is 0 Å². The van der Waals surface area contributed by atoms with Gasteiger partial charge in [-0.3, -0.25) is 4.79 Å². The summed E-state index contributed by atoms with van der Waals surface area (Å²) in [4.78, 5) is 30.9. The lowest BCUT2D eigenvalue weighted by Gasteiger charge is -2.19. The highest BCUT2D eigenvalue weighted by molar-refractivity contribution is 5.87. The van der Waals surface area contributed by atoms with Gasteiger partial charge in [-0.05, 0) is 5.56 Å². The third kappa shape index (κ3) is 4.93. The van der Waals surface area contributed by atoms with Gasteiger partial charge in [0.1, 0.15) is 6.04 Å². The molecule has 2 rings (SSSR count). The fourth-order valence-electron chi connectivity index (χ4n) is 2.19. The van der Waals surface area contributed by atoms with Crippen LogP contribution in [0.2, 0.25) is 0 Å². The van der Waals surface area contributed by atoms with E-state index in [1.807, 2.05) is 30.3 Å². The Morgan fingerprint density at radius 1 is 1.30 bits per heavy atom. The van der Waals surface area contributed by atoms with E-state index in [4.69, 9.17) is 10.5 Å². The monoisotopic (exact) mass is 316 g/mol. The summed E-state index contributed by atoms with van der Waals surface area (Å²) < 4.78 is 4.76. The molecule has 0 unspecified atom stereocenters. The summed E-state index contributed by atoms with van der Waals surface area (Å²) in [5, 5.41) is 2.66. The van der Waals surface area contributed by atoms with E-state index in [1.165, 1.54) is 13.4 Å². The van der Waals surface area contributed by atoms with E-state index in [2.05, 4.69) is 15.3 Å². The molecule has 0 bridgehead atoms. The molecule has 1 aromatic heterocycles. The Morgan fingerprint density at radius 2 is 2.04 bits per heavy atom. The summed E-state index contributed by atoms with van der Waals surface area (Å²) >= 11 is 0. The minimum Gasteiger partial charge on any atom is -0.467 e. The molecule has 0 radical (unpaired) electrons. The predicted octanol–water partition coefficient (Wildman–Crippen LogP) is 0.180. The van der Waals surface area contributed by atoms with Crippen LogP contribution in [0.1, 0.15) is 11.3 Å². The Kier molecular flexibility index (Phi) is 5.87. The number of methoxy groups -OCH3 is 1. The number of esters is 1. The number of hydrogen-bond donors (Lipinski definition) is 3. The highest BCUT2D eigenvalue weighted by Gasteiger charge is 2.25. The normalized spacial score (nSPS) is 13.1. The minimum atomic E-state index is -0.779. The molecule has 1 amide bonds. The minimum absolute atomic E-state index is 0.311. The van der Waals surface area contributed by atoms with Crippen LogP contribution in [0, 0.1) is 0 Å². The number of amides is 1. The number of rotatable bonds is 7. The van der Waals surface area contributed by atoms with Gasteiger partial charge in [-0.25, -0.2) is 9.78 Å². The van der Waals surface area contributed by atoms with Gasteiger partial charge >= 0.3 is 5.97 Å². The van der Waals surface area contributed by atoms with Crippen molar-refractivity contribution < 1.29 is 14.3 Å². The smallest absolute Gasteiger partial charge is 0.328 e. The second-order valence-corrected chi connectivity index (χ2v) is 5.16. The molecule has 7 heteroatoms. The number of benzene rings is 1. The number of nitrogens with one attached hydrogen (secondary N) is 2. The molecule has 122 valence electrons. The molecule has 2 aromatic rings. The molecule has 1 aromatic carbocycles. The van der Waals surface area contributed by atoms with Crippen LogP contribution < -0.4 is 11.1 Å². The van der Waals surface area contributed by atoms with Crippen molar-refractivity contribution in [3.8, 4) is 0 Å². The van der Waals surface area contributed by atoms with Crippen molar-refractivity contribution in [1.29, 1.82) is 0 Å². The molecule has 0 saturated carbocycles. The number of hydrogen-bond acceptors (Lipinski definition) is 5. The molecule has 0 aliphatic rings. The van der Waals surface area contributed by atoms with Gasteiger partial charge in [-0.15, -0.1) is 0 Å². The molecule has 0 aliphatic heterocycles. The van der Waals surface area contributed by atoms with E-state index < -0.39 is 24.0 Å². The molecule has 7 nitrogen and oxygen atoms in total. The topological polar surface area (TPSA) is 110 Å². The zero-order chi connectivity index (χ0) is 16.7. The first-order valence-corrected chi connectivity index (χ1v) is 7.25. The van der Waals surface area contributed by atoms with Gasteiger partial charge < -0.3 is 20.8 Å². The lowest BCUT2D eigenvalue weighted by molar-refractivity contribution is -0.145. The third-order valence-electron chi connectivity index (χ3n) is 3.42. The van der Waals surface area contributed by atoms with E-state index in [0.717, 1.165) is 11.3 Å². The van der Waals surface area contributed by atoms with E-state index >= 15 is 0 Å². The Hall–Kier alpha value is -2.67. The van der Waals surface area contributed by atoms with Crippen molar-refractivity contribution in [2.24, 2.45) is 5.73 Å². The fraction of sp³-hybridized carbons (Fsp3) is 0.312. The molecule has 0 spiro atoms. The number of nitrogens with zero attached hydrogens (tertiary/aromatic N) is 1. The van der Waals surface area contributed by atoms with Gasteiger partial charge in [0.05, 0.1) is 19.5 Å². The molecule has 2 atom stereocenters. The quantitative estimate of drug-likeness (QED) is 0.631. The Bertz CT molecular complexity index is 628. The number of nitrogens with two attached hydrogens (primary N) is 1. The first-order chi connectivity index (χ1) is 11.1. The highest BCUT2D eigenvalue weighted by Crippen LogP contribution is 2.05. The molecule has 1 heterocycles. The summed E-state index contributed by atoms with van der Waals surface area (Å²) in [5.41, 5.74) is 7.56. The van der Waals surface area contributed by atoms with Crippen LogP contribution in [0.4, 0.5) is 0 Å². The average molecular weight is 316 g/mol. The maximum Gasteiger partial charge on any atom is 0.328 e. The predicted molar refractivity (Wildman–Crippen MR) is 84.4 cm³/mol. The number of carbonyl (C=O) groups is 2. The molecular weight excluding hydrogens is 296 g/mol. The van der Waals surface area contributed by atoms with Crippen LogP contribution in [0.3, 0.4) is 0 Å². The Morgan fingerprint density at radius 3 is 2.65 bits per heavy atom. The zero-order valence-corrected chi connectivity index (χ0v) is 12.9. The van der Waals surface area contributed by atoms with Crippen molar-refractivity contribution in [2.45, 2.75) is 24.9 Å². The van der Waals surface area contributed by atoms with Crippen molar-refractivity contribution >= 4 is 11.9 Å². The molecule has 23 heavy (non-hydrogen) atoms. The van der Waals surface area contributed by atoms with Crippen LogP contribution in [-0.2, 0) is 27.2 Å². The lowest BCUT2D eigenvalue weighted by atomic mass is 10.0. The standard InChI is InChI=1S/C16H20N4O3/c1-23-16(22)14(7-11-5-3-2-4-6-11)20-15(21)13(17)8-12-9-18-10-19-12/h2-6,9-10,13-14H,7-8,17H2,1H3,(H,18,19)(H,20,21)/t13-,14-/m1/s1. The first-order valence-electron chi connectivity index (χ1n) is 7.25. The molecule has 0 saturated heterocycles. The molecule has 4 N–H and O–H groups in total. The average Bonchev–Trinajstić information content (AvgIpc) is 3.07. The summed E-state index contributed by atoms with van der Waals surface area (Å²) in [6.07, 6.45) is 3.78. The third-order valence-corrected chi connectivity index (χ3v) is 3.42. The zero-order valence-electron chi connectivity index (χ0n) is 12.9. The maximum absolute atomic E-state index is 12.2. The van der Waals surface area contributed by atoms with Crippen LogP contribution >= 0.6 is 0 Å². The van der Waals surface area contributed by atoms with Crippen molar-refractivity contribution in [2.75, 3.05) is 7.11 Å². The number of imidazole rings is 1. The van der Waals surface area contributed by atoms with E-state index in [9.17, 15) is 9.59 Å². The number of ether oxygens (including phenoxy) is 1. The van der Waals surface area contributed by atoms with E-state index in [-0.39, 0.29) is 0 Å². The van der Waals surface area contributed by atoms with Gasteiger partial charge in [-0.2, -0.15) is 0 Å². The SMILES string of the molecule is COC(=O)[C@@H](Cc1ccccc1)NC(=O)[C@H](N)Cc1cnc[nH]1.